The zero-order valence-electron chi connectivity index (χ0n) is 11.3. The topological polar surface area (TPSA) is 89.9 Å². The van der Waals surface area contributed by atoms with Crippen LogP contribution in [0.5, 0.6) is 0 Å². The largest absolute Gasteiger partial charge is 0.462 e. The number of aromatic nitrogens is 4. The van der Waals surface area contributed by atoms with Crippen molar-refractivity contribution in [1.29, 1.82) is 0 Å². The fraction of sp³-hybridized carbons (Fsp3) is 0.308. The van der Waals surface area contributed by atoms with E-state index >= 15 is 0 Å². The molecule has 0 aliphatic carbocycles. The lowest BCUT2D eigenvalue weighted by Gasteiger charge is -2.07. The maximum Gasteiger partial charge on any atom is 0.341 e. The molecule has 2 aromatic rings. The first-order valence-corrected chi connectivity index (χ1v) is 6.20. The fourth-order valence-corrected chi connectivity index (χ4v) is 1.55. The van der Waals surface area contributed by atoms with Gasteiger partial charge in [0.05, 0.1) is 36.3 Å². The Morgan fingerprint density at radius 3 is 2.80 bits per heavy atom. The summed E-state index contributed by atoms with van der Waals surface area (Å²) in [5.41, 5.74) is 1.72. The van der Waals surface area contributed by atoms with Crippen LogP contribution >= 0.6 is 0 Å². The molecule has 0 saturated heterocycles. The van der Waals surface area contributed by atoms with E-state index in [1.165, 1.54) is 6.20 Å². The summed E-state index contributed by atoms with van der Waals surface area (Å²) in [6.45, 7) is 4.28. The van der Waals surface area contributed by atoms with Gasteiger partial charge in [-0.1, -0.05) is 0 Å². The van der Waals surface area contributed by atoms with Gasteiger partial charge in [0.25, 0.3) is 0 Å². The van der Waals surface area contributed by atoms with Gasteiger partial charge in [0, 0.05) is 18.6 Å². The van der Waals surface area contributed by atoms with Gasteiger partial charge in [0.15, 0.2) is 0 Å². The maximum absolute atomic E-state index is 11.6. The van der Waals surface area contributed by atoms with E-state index in [-0.39, 0.29) is 0 Å². The molecular weight excluding hydrogens is 258 g/mol. The second kappa shape index (κ2) is 6.55. The fourth-order valence-electron chi connectivity index (χ4n) is 1.55. The lowest BCUT2D eigenvalue weighted by Crippen LogP contribution is -2.11. The normalized spacial score (nSPS) is 10.1. The van der Waals surface area contributed by atoms with Crippen LogP contribution in [0.4, 0.5) is 5.95 Å². The van der Waals surface area contributed by atoms with Crippen molar-refractivity contribution in [2.45, 2.75) is 20.4 Å². The van der Waals surface area contributed by atoms with Crippen molar-refractivity contribution in [3.8, 4) is 0 Å². The molecule has 2 aromatic heterocycles. The molecule has 20 heavy (non-hydrogen) atoms. The molecule has 7 nitrogen and oxygen atoms in total. The monoisotopic (exact) mass is 273 g/mol. The molecule has 0 saturated carbocycles. The van der Waals surface area contributed by atoms with Gasteiger partial charge >= 0.3 is 5.97 Å². The van der Waals surface area contributed by atoms with Crippen LogP contribution in [0, 0.1) is 6.92 Å². The molecule has 2 rings (SSSR count). The summed E-state index contributed by atoms with van der Waals surface area (Å²) in [6.07, 6.45) is 6.34. The molecule has 7 heteroatoms. The van der Waals surface area contributed by atoms with Gasteiger partial charge in [-0.25, -0.2) is 14.8 Å². The smallest absolute Gasteiger partial charge is 0.341 e. The standard InChI is InChI=1S/C13H15N5O2/c1-3-20-12(19)11-8-17-13(18-9(11)2)16-7-10-6-14-4-5-15-10/h4-6,8H,3,7H2,1-2H3,(H,16,17,18). The maximum atomic E-state index is 11.6. The number of aryl methyl sites for hydroxylation is 1. The summed E-state index contributed by atoms with van der Waals surface area (Å²) in [5, 5.41) is 3.02. The Kier molecular flexibility index (Phi) is 4.54. The van der Waals surface area contributed by atoms with Crippen molar-refractivity contribution < 1.29 is 9.53 Å². The Hall–Kier alpha value is -2.57. The third-order valence-corrected chi connectivity index (χ3v) is 2.52. The number of hydrogen-bond donors (Lipinski definition) is 1. The van der Waals surface area contributed by atoms with Gasteiger partial charge in [-0.3, -0.25) is 9.97 Å². The van der Waals surface area contributed by atoms with E-state index in [2.05, 4.69) is 25.3 Å². The first kappa shape index (κ1) is 13.9. The molecule has 0 unspecified atom stereocenters. The quantitative estimate of drug-likeness (QED) is 0.822. The third-order valence-electron chi connectivity index (χ3n) is 2.52. The average Bonchev–Trinajstić information content (AvgIpc) is 2.46. The van der Waals surface area contributed by atoms with Crippen molar-refractivity contribution in [2.75, 3.05) is 11.9 Å². The van der Waals surface area contributed by atoms with Crippen LogP contribution in [0.15, 0.2) is 24.8 Å². The summed E-state index contributed by atoms with van der Waals surface area (Å²) >= 11 is 0. The van der Waals surface area contributed by atoms with Gasteiger partial charge in [0.2, 0.25) is 5.95 Å². The Bertz CT molecular complexity index is 589. The van der Waals surface area contributed by atoms with Crippen LogP contribution in [0.1, 0.15) is 28.7 Å². The highest BCUT2D eigenvalue weighted by molar-refractivity contribution is 5.90. The predicted molar refractivity (Wildman–Crippen MR) is 72.1 cm³/mol. The third kappa shape index (κ3) is 3.47. The van der Waals surface area contributed by atoms with Gasteiger partial charge in [-0.05, 0) is 13.8 Å². The van der Waals surface area contributed by atoms with Gasteiger partial charge in [-0.15, -0.1) is 0 Å². The molecule has 2 heterocycles. The number of nitrogens with one attached hydrogen (secondary N) is 1. The summed E-state index contributed by atoms with van der Waals surface area (Å²) in [5.74, 6) is 0.0201. The van der Waals surface area contributed by atoms with Gasteiger partial charge < -0.3 is 10.1 Å². The summed E-state index contributed by atoms with van der Waals surface area (Å²) in [4.78, 5) is 28.0. The number of esters is 1. The number of ether oxygens (including phenoxy) is 1. The zero-order valence-corrected chi connectivity index (χ0v) is 11.3. The van der Waals surface area contributed by atoms with Crippen LogP contribution in [0.2, 0.25) is 0 Å². The Balaban J connectivity index is 2.04. The van der Waals surface area contributed by atoms with Gasteiger partial charge in [0.1, 0.15) is 0 Å². The molecule has 0 fully saturated rings. The van der Waals surface area contributed by atoms with E-state index in [1.54, 1.807) is 32.4 Å². The molecule has 0 radical (unpaired) electrons. The van der Waals surface area contributed by atoms with E-state index in [0.29, 0.717) is 30.4 Å². The van der Waals surface area contributed by atoms with Crippen LogP contribution in [-0.2, 0) is 11.3 Å². The van der Waals surface area contributed by atoms with Crippen molar-refractivity contribution in [3.63, 3.8) is 0 Å². The number of hydrogen-bond acceptors (Lipinski definition) is 7. The molecule has 0 aliphatic rings. The van der Waals surface area contributed by atoms with E-state index in [4.69, 9.17) is 4.74 Å². The molecule has 0 amide bonds. The first-order valence-electron chi connectivity index (χ1n) is 6.20. The highest BCUT2D eigenvalue weighted by atomic mass is 16.5. The summed E-state index contributed by atoms with van der Waals surface area (Å²) in [6, 6.07) is 0. The highest BCUT2D eigenvalue weighted by Gasteiger charge is 2.12. The van der Waals surface area contributed by atoms with Crippen molar-refractivity contribution >= 4 is 11.9 Å². The molecular formula is C13H15N5O2. The minimum Gasteiger partial charge on any atom is -0.462 e. The zero-order chi connectivity index (χ0) is 14.4. The summed E-state index contributed by atoms with van der Waals surface area (Å²) < 4.78 is 4.92. The van der Waals surface area contributed by atoms with Crippen LogP contribution in [0.3, 0.4) is 0 Å². The average molecular weight is 273 g/mol. The first-order chi connectivity index (χ1) is 9.70. The number of nitrogens with zero attached hydrogens (tertiary/aromatic N) is 4. The van der Waals surface area contributed by atoms with Gasteiger partial charge in [-0.2, -0.15) is 0 Å². The van der Waals surface area contributed by atoms with Crippen molar-refractivity contribution in [1.82, 2.24) is 19.9 Å². The molecule has 0 bridgehead atoms. The predicted octanol–water partition coefficient (Wildman–Crippen LogP) is 1.36. The van der Waals surface area contributed by atoms with Crippen molar-refractivity contribution in [3.05, 3.63) is 41.7 Å². The Morgan fingerprint density at radius 1 is 1.30 bits per heavy atom. The Labute approximate surface area is 116 Å². The van der Waals surface area contributed by atoms with E-state index < -0.39 is 5.97 Å². The van der Waals surface area contributed by atoms with E-state index in [0.717, 1.165) is 5.69 Å². The lowest BCUT2D eigenvalue weighted by atomic mass is 10.2. The Morgan fingerprint density at radius 2 is 2.15 bits per heavy atom. The molecule has 0 aromatic carbocycles. The molecule has 1 N–H and O–H groups in total. The lowest BCUT2D eigenvalue weighted by molar-refractivity contribution is 0.0524. The number of rotatable bonds is 5. The minimum absolute atomic E-state index is 0.324. The highest BCUT2D eigenvalue weighted by Crippen LogP contribution is 2.09. The molecule has 0 spiro atoms. The van der Waals surface area contributed by atoms with E-state index in [9.17, 15) is 4.79 Å². The number of carbonyl (C=O) groups excluding carboxylic acids is 1. The molecule has 0 atom stereocenters. The van der Waals surface area contributed by atoms with Crippen LogP contribution in [0.25, 0.3) is 0 Å². The second-order valence-electron chi connectivity index (χ2n) is 3.96. The number of anilines is 1. The SMILES string of the molecule is CCOC(=O)c1cnc(NCc2cnccn2)nc1C. The van der Waals surface area contributed by atoms with Crippen molar-refractivity contribution in [2.24, 2.45) is 0 Å². The molecule has 0 aliphatic heterocycles. The second-order valence-corrected chi connectivity index (χ2v) is 3.96. The summed E-state index contributed by atoms with van der Waals surface area (Å²) in [7, 11) is 0. The molecule has 104 valence electrons. The van der Waals surface area contributed by atoms with Crippen LogP contribution in [-0.4, -0.2) is 32.5 Å². The minimum atomic E-state index is -0.412. The number of carbonyl (C=O) groups is 1. The van der Waals surface area contributed by atoms with E-state index in [1.807, 2.05) is 0 Å². The van der Waals surface area contributed by atoms with Crippen LogP contribution < -0.4 is 5.32 Å².